The predicted molar refractivity (Wildman–Crippen MR) is 97.4 cm³/mol. The maximum Gasteiger partial charge on any atom is 0.217 e. The normalized spacial score (nSPS) is 22.3. The maximum absolute atomic E-state index is 12.1. The quantitative estimate of drug-likeness (QED) is 0.395. The summed E-state index contributed by atoms with van der Waals surface area (Å²) in [7, 11) is 0. The first kappa shape index (κ1) is 20.9. The van der Waals surface area contributed by atoms with Crippen LogP contribution in [0.15, 0.2) is 12.2 Å². The number of unbranched alkanes of at least 4 members (excludes halogenated alkanes) is 5. The van der Waals surface area contributed by atoms with Gasteiger partial charge in [-0.15, -0.1) is 0 Å². The van der Waals surface area contributed by atoms with Crippen molar-refractivity contribution in [2.45, 2.75) is 90.1 Å². The van der Waals surface area contributed by atoms with E-state index in [0.29, 0.717) is 24.5 Å². The van der Waals surface area contributed by atoms with Crippen LogP contribution in [-0.2, 0) is 9.59 Å². The fourth-order valence-corrected chi connectivity index (χ4v) is 3.53. The topological polar surface area (TPSA) is 80.4 Å². The molecule has 3 atom stereocenters. The standard InChI is InChI=1S/C20H35NO3/c1-2-3-6-9-17(22)14-12-16-13-15-19(23)18(16)10-7-4-5-8-11-20(21)24/h12,14,16-18,22H,2-11,13,15H2,1H3,(H2,21,24)/b14-12+/t16-,17?,18?/m0/s1. The Hall–Kier alpha value is -1.16. The van der Waals surface area contributed by atoms with Crippen LogP contribution in [0.2, 0.25) is 0 Å². The van der Waals surface area contributed by atoms with E-state index in [1.165, 1.54) is 0 Å². The first-order chi connectivity index (χ1) is 11.5. The molecule has 3 N–H and O–H groups in total. The highest BCUT2D eigenvalue weighted by Gasteiger charge is 2.32. The summed E-state index contributed by atoms with van der Waals surface area (Å²) >= 11 is 0. The zero-order valence-corrected chi connectivity index (χ0v) is 15.2. The van der Waals surface area contributed by atoms with Crippen LogP contribution < -0.4 is 5.73 Å². The lowest BCUT2D eigenvalue weighted by Crippen LogP contribution is -2.14. The van der Waals surface area contributed by atoms with E-state index in [9.17, 15) is 14.7 Å². The van der Waals surface area contributed by atoms with Crippen molar-refractivity contribution >= 4 is 11.7 Å². The van der Waals surface area contributed by atoms with E-state index in [4.69, 9.17) is 5.73 Å². The number of carbonyl (C=O) groups is 2. The number of aliphatic hydroxyl groups is 1. The van der Waals surface area contributed by atoms with Crippen LogP contribution in [0.3, 0.4) is 0 Å². The second-order valence-electron chi connectivity index (χ2n) is 7.14. The highest BCUT2D eigenvalue weighted by atomic mass is 16.3. The largest absolute Gasteiger partial charge is 0.389 e. The van der Waals surface area contributed by atoms with E-state index in [2.05, 4.69) is 13.0 Å². The Bertz CT molecular complexity index is 406. The molecule has 1 amide bonds. The Morgan fingerprint density at radius 3 is 2.71 bits per heavy atom. The van der Waals surface area contributed by atoms with E-state index < -0.39 is 0 Å². The second-order valence-corrected chi connectivity index (χ2v) is 7.14. The van der Waals surface area contributed by atoms with Crippen LogP contribution in [0.4, 0.5) is 0 Å². The van der Waals surface area contributed by atoms with E-state index in [-0.39, 0.29) is 17.9 Å². The molecule has 1 rings (SSSR count). The van der Waals surface area contributed by atoms with Gasteiger partial charge in [0.2, 0.25) is 5.91 Å². The summed E-state index contributed by atoms with van der Waals surface area (Å²) in [6, 6.07) is 0. The third-order valence-electron chi connectivity index (χ3n) is 5.03. The highest BCUT2D eigenvalue weighted by molar-refractivity contribution is 5.83. The van der Waals surface area contributed by atoms with Gasteiger partial charge < -0.3 is 10.8 Å². The first-order valence-corrected chi connectivity index (χ1v) is 9.72. The van der Waals surface area contributed by atoms with Gasteiger partial charge >= 0.3 is 0 Å². The number of hydrogen-bond acceptors (Lipinski definition) is 3. The van der Waals surface area contributed by atoms with E-state index in [1.54, 1.807) is 0 Å². The van der Waals surface area contributed by atoms with Crippen molar-refractivity contribution in [1.29, 1.82) is 0 Å². The number of ketones is 1. The number of nitrogens with two attached hydrogens (primary N) is 1. The molecule has 0 saturated heterocycles. The molecule has 0 aromatic rings. The van der Waals surface area contributed by atoms with Crippen molar-refractivity contribution in [3.05, 3.63) is 12.2 Å². The molecule has 1 fully saturated rings. The lowest BCUT2D eigenvalue weighted by molar-refractivity contribution is -0.121. The lowest BCUT2D eigenvalue weighted by atomic mass is 9.89. The Labute approximate surface area is 146 Å². The van der Waals surface area contributed by atoms with Gasteiger partial charge in [0.15, 0.2) is 0 Å². The molecule has 0 heterocycles. The third-order valence-corrected chi connectivity index (χ3v) is 5.03. The van der Waals surface area contributed by atoms with Gasteiger partial charge in [0, 0.05) is 18.8 Å². The lowest BCUT2D eigenvalue weighted by Gasteiger charge is -2.15. The Kier molecular flexibility index (Phi) is 10.6. The molecule has 1 saturated carbocycles. The Morgan fingerprint density at radius 1 is 1.25 bits per heavy atom. The molecular formula is C20H35NO3. The fraction of sp³-hybridized carbons (Fsp3) is 0.800. The summed E-state index contributed by atoms with van der Waals surface area (Å²) in [6.07, 6.45) is 14.7. The molecule has 24 heavy (non-hydrogen) atoms. The minimum Gasteiger partial charge on any atom is -0.389 e. The van der Waals surface area contributed by atoms with Gasteiger partial charge in [-0.05, 0) is 31.6 Å². The zero-order valence-electron chi connectivity index (χ0n) is 15.2. The van der Waals surface area contributed by atoms with Crippen LogP contribution in [0.5, 0.6) is 0 Å². The summed E-state index contributed by atoms with van der Waals surface area (Å²) in [5.41, 5.74) is 5.13. The number of Topliss-reactive ketones (excluding diaryl/α,β-unsaturated/α-hetero) is 1. The van der Waals surface area contributed by atoms with Gasteiger partial charge in [0.25, 0.3) is 0 Å². The SMILES string of the molecule is CCCCCC(O)/C=C/[C@H]1CCC(=O)C1CCCCCCC(N)=O. The van der Waals surface area contributed by atoms with Gasteiger partial charge in [-0.1, -0.05) is 57.6 Å². The van der Waals surface area contributed by atoms with Gasteiger partial charge in [-0.25, -0.2) is 0 Å². The molecular weight excluding hydrogens is 302 g/mol. The predicted octanol–water partition coefficient (Wildman–Crippen LogP) is 3.91. The smallest absolute Gasteiger partial charge is 0.217 e. The monoisotopic (exact) mass is 337 g/mol. The zero-order chi connectivity index (χ0) is 17.8. The maximum atomic E-state index is 12.1. The summed E-state index contributed by atoms with van der Waals surface area (Å²) in [5, 5.41) is 10.00. The highest BCUT2D eigenvalue weighted by Crippen LogP contribution is 2.34. The summed E-state index contributed by atoms with van der Waals surface area (Å²) in [6.45, 7) is 2.16. The van der Waals surface area contributed by atoms with E-state index in [1.807, 2.05) is 6.08 Å². The van der Waals surface area contributed by atoms with Gasteiger partial charge in [0.05, 0.1) is 6.10 Å². The van der Waals surface area contributed by atoms with Crippen LogP contribution in [0.1, 0.15) is 84.0 Å². The molecule has 2 unspecified atom stereocenters. The number of rotatable bonds is 13. The molecule has 0 aromatic carbocycles. The molecule has 0 spiro atoms. The van der Waals surface area contributed by atoms with Crippen molar-refractivity contribution in [2.24, 2.45) is 17.6 Å². The number of allylic oxidation sites excluding steroid dienone is 1. The van der Waals surface area contributed by atoms with Gasteiger partial charge in [-0.3, -0.25) is 9.59 Å². The van der Waals surface area contributed by atoms with Crippen LogP contribution >= 0.6 is 0 Å². The molecule has 0 bridgehead atoms. The molecule has 4 nitrogen and oxygen atoms in total. The van der Waals surface area contributed by atoms with Crippen molar-refractivity contribution in [3.63, 3.8) is 0 Å². The third kappa shape index (κ3) is 8.62. The average molecular weight is 338 g/mol. The summed E-state index contributed by atoms with van der Waals surface area (Å²) < 4.78 is 0. The molecule has 1 aliphatic rings. The van der Waals surface area contributed by atoms with Crippen LogP contribution in [0.25, 0.3) is 0 Å². The average Bonchev–Trinajstić information content (AvgIpc) is 2.89. The Morgan fingerprint density at radius 2 is 2.00 bits per heavy atom. The first-order valence-electron chi connectivity index (χ1n) is 9.72. The van der Waals surface area contributed by atoms with Crippen LogP contribution in [0, 0.1) is 11.8 Å². The van der Waals surface area contributed by atoms with E-state index >= 15 is 0 Å². The van der Waals surface area contributed by atoms with Crippen molar-refractivity contribution < 1.29 is 14.7 Å². The number of carbonyl (C=O) groups excluding carboxylic acids is 2. The van der Waals surface area contributed by atoms with E-state index in [0.717, 1.165) is 64.2 Å². The fourth-order valence-electron chi connectivity index (χ4n) is 3.53. The Balaban J connectivity index is 2.28. The molecule has 0 radical (unpaired) electrons. The minimum absolute atomic E-state index is 0.125. The summed E-state index contributed by atoms with van der Waals surface area (Å²) in [5.74, 6) is 0.565. The van der Waals surface area contributed by atoms with Gasteiger partial charge in [-0.2, -0.15) is 0 Å². The van der Waals surface area contributed by atoms with Gasteiger partial charge in [0.1, 0.15) is 5.78 Å². The van der Waals surface area contributed by atoms with Crippen molar-refractivity contribution in [1.82, 2.24) is 0 Å². The van der Waals surface area contributed by atoms with Crippen molar-refractivity contribution in [2.75, 3.05) is 0 Å². The minimum atomic E-state index is -0.373. The molecule has 0 aromatic heterocycles. The number of primary amides is 1. The molecule has 0 aliphatic heterocycles. The second kappa shape index (κ2) is 12.2. The number of aliphatic hydroxyl groups excluding tert-OH is 1. The number of amides is 1. The molecule has 1 aliphatic carbocycles. The molecule has 138 valence electrons. The van der Waals surface area contributed by atoms with Crippen LogP contribution in [-0.4, -0.2) is 22.9 Å². The number of hydrogen-bond donors (Lipinski definition) is 2. The summed E-state index contributed by atoms with van der Waals surface area (Å²) in [4.78, 5) is 22.8. The van der Waals surface area contributed by atoms with Crippen molar-refractivity contribution in [3.8, 4) is 0 Å². The molecule has 4 heteroatoms.